The van der Waals surface area contributed by atoms with Crippen molar-refractivity contribution in [3.8, 4) is 0 Å². The number of carbonyl (C=O) groups excluding carboxylic acids is 1. The van der Waals surface area contributed by atoms with Gasteiger partial charge in [0.05, 0.1) is 0 Å². The van der Waals surface area contributed by atoms with Gasteiger partial charge in [-0.1, -0.05) is 12.1 Å². The molecule has 0 aliphatic rings. The number of benzene rings is 1. The van der Waals surface area contributed by atoms with Gasteiger partial charge in [0.1, 0.15) is 5.82 Å². The molecule has 0 spiro atoms. The summed E-state index contributed by atoms with van der Waals surface area (Å²) in [5.74, 6) is 0.384. The van der Waals surface area contributed by atoms with Crippen LogP contribution in [-0.4, -0.2) is 17.7 Å². The third-order valence-corrected chi connectivity index (χ3v) is 2.92. The molecule has 0 saturated heterocycles. The summed E-state index contributed by atoms with van der Waals surface area (Å²) in [6.45, 7) is 3.84. The molecule has 16 heavy (non-hydrogen) atoms. The largest absolute Gasteiger partial charge is 0.354 e. The number of carbonyl (C=O) groups is 1. The lowest BCUT2D eigenvalue weighted by atomic mass is 10.3. The first kappa shape index (κ1) is 13.0. The number of hydrogen-bond donors (Lipinski definition) is 1. The van der Waals surface area contributed by atoms with E-state index in [4.69, 9.17) is 0 Å². The number of halogens is 1. The Kier molecular flexibility index (Phi) is 5.32. The summed E-state index contributed by atoms with van der Waals surface area (Å²) in [6, 6.07) is 6.76. The van der Waals surface area contributed by atoms with Crippen molar-refractivity contribution < 1.29 is 9.18 Å². The average Bonchev–Trinajstić information content (AvgIpc) is 2.19. The zero-order chi connectivity index (χ0) is 12.0. The monoisotopic (exact) mass is 241 g/mol. The molecule has 0 bridgehead atoms. The molecule has 0 heterocycles. The molecule has 4 heteroatoms. The molecule has 2 nitrogen and oxygen atoms in total. The number of nitrogens with one attached hydrogen (secondary N) is 1. The molecule has 1 aromatic carbocycles. The SMILES string of the molecule is CC(C)NC(=O)CCSc1ccccc1F. The Hall–Kier alpha value is -1.03. The van der Waals surface area contributed by atoms with Gasteiger partial charge in [-0.05, 0) is 26.0 Å². The summed E-state index contributed by atoms with van der Waals surface area (Å²) >= 11 is 1.37. The molecule has 1 rings (SSSR count). The summed E-state index contributed by atoms with van der Waals surface area (Å²) in [5, 5.41) is 2.80. The zero-order valence-corrected chi connectivity index (χ0v) is 10.3. The molecule has 88 valence electrons. The normalized spacial score (nSPS) is 10.5. The third-order valence-electron chi connectivity index (χ3n) is 1.87. The predicted molar refractivity (Wildman–Crippen MR) is 65.0 cm³/mol. The lowest BCUT2D eigenvalue weighted by molar-refractivity contribution is -0.121. The van der Waals surface area contributed by atoms with Gasteiger partial charge in [-0.25, -0.2) is 4.39 Å². The Morgan fingerprint density at radius 3 is 2.75 bits per heavy atom. The van der Waals surface area contributed by atoms with Crippen molar-refractivity contribution >= 4 is 17.7 Å². The van der Waals surface area contributed by atoms with Gasteiger partial charge in [0.25, 0.3) is 0 Å². The van der Waals surface area contributed by atoms with Crippen LogP contribution in [0.4, 0.5) is 4.39 Å². The summed E-state index contributed by atoms with van der Waals surface area (Å²) in [4.78, 5) is 11.9. The van der Waals surface area contributed by atoms with E-state index in [1.807, 2.05) is 13.8 Å². The van der Waals surface area contributed by atoms with E-state index in [1.165, 1.54) is 17.8 Å². The van der Waals surface area contributed by atoms with E-state index in [9.17, 15) is 9.18 Å². The first-order valence-corrected chi connectivity index (χ1v) is 6.25. The summed E-state index contributed by atoms with van der Waals surface area (Å²) in [5.41, 5.74) is 0. The van der Waals surface area contributed by atoms with Crippen molar-refractivity contribution in [2.75, 3.05) is 5.75 Å². The minimum Gasteiger partial charge on any atom is -0.354 e. The molecule has 1 aromatic rings. The van der Waals surface area contributed by atoms with Gasteiger partial charge < -0.3 is 5.32 Å². The second kappa shape index (κ2) is 6.53. The second-order valence-electron chi connectivity index (χ2n) is 3.75. The molecule has 0 saturated carbocycles. The second-order valence-corrected chi connectivity index (χ2v) is 4.89. The fraction of sp³-hybridized carbons (Fsp3) is 0.417. The van der Waals surface area contributed by atoms with Gasteiger partial charge in [0.15, 0.2) is 0 Å². The van der Waals surface area contributed by atoms with Crippen LogP contribution in [-0.2, 0) is 4.79 Å². The van der Waals surface area contributed by atoms with Gasteiger partial charge in [-0.15, -0.1) is 11.8 Å². The first-order valence-electron chi connectivity index (χ1n) is 5.26. The third kappa shape index (κ3) is 4.66. The highest BCUT2D eigenvalue weighted by Crippen LogP contribution is 2.21. The van der Waals surface area contributed by atoms with Crippen molar-refractivity contribution in [1.29, 1.82) is 0 Å². The number of amides is 1. The van der Waals surface area contributed by atoms with Crippen LogP contribution in [0.25, 0.3) is 0 Å². The smallest absolute Gasteiger partial charge is 0.221 e. The summed E-state index contributed by atoms with van der Waals surface area (Å²) < 4.78 is 13.2. The minimum atomic E-state index is -0.225. The zero-order valence-electron chi connectivity index (χ0n) is 9.50. The molecule has 1 N–H and O–H groups in total. The fourth-order valence-corrected chi connectivity index (χ4v) is 2.10. The minimum absolute atomic E-state index is 0.0128. The maximum Gasteiger partial charge on any atom is 0.221 e. The van der Waals surface area contributed by atoms with Crippen molar-refractivity contribution in [3.05, 3.63) is 30.1 Å². The highest BCUT2D eigenvalue weighted by atomic mass is 32.2. The number of thioether (sulfide) groups is 1. The fourth-order valence-electron chi connectivity index (χ4n) is 1.21. The Bertz CT molecular complexity index is 355. The molecule has 0 fully saturated rings. The van der Waals surface area contributed by atoms with E-state index in [2.05, 4.69) is 5.32 Å². The maximum absolute atomic E-state index is 13.2. The van der Waals surface area contributed by atoms with Crippen LogP contribution in [0.2, 0.25) is 0 Å². The molecule has 0 unspecified atom stereocenters. The summed E-state index contributed by atoms with van der Waals surface area (Å²) in [7, 11) is 0. The molecule has 0 radical (unpaired) electrons. The van der Waals surface area contributed by atoms with Crippen molar-refractivity contribution in [3.63, 3.8) is 0 Å². The van der Waals surface area contributed by atoms with Crippen LogP contribution in [0, 0.1) is 5.82 Å². The van der Waals surface area contributed by atoms with Crippen LogP contribution in [0.15, 0.2) is 29.2 Å². The predicted octanol–water partition coefficient (Wildman–Crippen LogP) is 2.83. The van der Waals surface area contributed by atoms with Crippen molar-refractivity contribution in [2.45, 2.75) is 31.2 Å². The van der Waals surface area contributed by atoms with E-state index in [1.54, 1.807) is 18.2 Å². The van der Waals surface area contributed by atoms with E-state index < -0.39 is 0 Å². The van der Waals surface area contributed by atoms with Crippen molar-refractivity contribution in [2.24, 2.45) is 0 Å². The lowest BCUT2D eigenvalue weighted by Crippen LogP contribution is -2.30. The van der Waals surface area contributed by atoms with Gasteiger partial charge in [0, 0.05) is 23.1 Å². The quantitative estimate of drug-likeness (QED) is 0.803. The first-order chi connectivity index (χ1) is 7.59. The molecule has 0 atom stereocenters. The van der Waals surface area contributed by atoms with Crippen LogP contribution in [0.5, 0.6) is 0 Å². The van der Waals surface area contributed by atoms with Gasteiger partial charge in [-0.2, -0.15) is 0 Å². The molecule has 0 aromatic heterocycles. The van der Waals surface area contributed by atoms with Gasteiger partial charge in [-0.3, -0.25) is 4.79 Å². The van der Waals surface area contributed by atoms with Gasteiger partial charge >= 0.3 is 0 Å². The van der Waals surface area contributed by atoms with E-state index in [-0.39, 0.29) is 17.8 Å². The van der Waals surface area contributed by atoms with Crippen LogP contribution in [0.1, 0.15) is 20.3 Å². The summed E-state index contributed by atoms with van der Waals surface area (Å²) in [6.07, 6.45) is 0.414. The van der Waals surface area contributed by atoms with Crippen LogP contribution >= 0.6 is 11.8 Å². The Morgan fingerprint density at radius 1 is 1.44 bits per heavy atom. The van der Waals surface area contributed by atoms with E-state index >= 15 is 0 Å². The lowest BCUT2D eigenvalue weighted by Gasteiger charge is -2.07. The molecule has 1 amide bonds. The molecular formula is C12H16FNOS. The number of hydrogen-bond acceptors (Lipinski definition) is 2. The maximum atomic E-state index is 13.2. The Balaban J connectivity index is 2.31. The van der Waals surface area contributed by atoms with Gasteiger partial charge in [0.2, 0.25) is 5.91 Å². The molecule has 0 aliphatic carbocycles. The standard InChI is InChI=1S/C12H16FNOS/c1-9(2)14-12(15)7-8-16-11-6-4-3-5-10(11)13/h3-6,9H,7-8H2,1-2H3,(H,14,15). The van der Waals surface area contributed by atoms with Crippen LogP contribution in [0.3, 0.4) is 0 Å². The van der Waals surface area contributed by atoms with E-state index in [0.29, 0.717) is 17.1 Å². The van der Waals surface area contributed by atoms with Crippen molar-refractivity contribution in [1.82, 2.24) is 5.32 Å². The highest BCUT2D eigenvalue weighted by Gasteiger charge is 2.05. The van der Waals surface area contributed by atoms with E-state index in [0.717, 1.165) is 0 Å². The number of rotatable bonds is 5. The Morgan fingerprint density at radius 2 is 2.12 bits per heavy atom. The van der Waals surface area contributed by atoms with Crippen LogP contribution < -0.4 is 5.32 Å². The average molecular weight is 241 g/mol. The Labute approximate surface area is 99.6 Å². The topological polar surface area (TPSA) is 29.1 Å². The molecular weight excluding hydrogens is 225 g/mol. The highest BCUT2D eigenvalue weighted by molar-refractivity contribution is 7.99. The molecule has 0 aliphatic heterocycles.